The molecule has 0 aromatic carbocycles. The van der Waals surface area contributed by atoms with Gasteiger partial charge >= 0.3 is 6.09 Å². The second-order valence-electron chi connectivity index (χ2n) is 7.78. The maximum absolute atomic E-state index is 12.3. The van der Waals surface area contributed by atoms with Crippen molar-refractivity contribution in [1.82, 2.24) is 14.9 Å². The monoisotopic (exact) mass is 401 g/mol. The molecule has 2 aromatic rings. The highest BCUT2D eigenvalue weighted by atomic mass is 35.5. The van der Waals surface area contributed by atoms with Crippen LogP contribution >= 0.6 is 11.6 Å². The molecule has 0 aliphatic carbocycles. The summed E-state index contributed by atoms with van der Waals surface area (Å²) in [4.78, 5) is 23.4. The van der Waals surface area contributed by atoms with Crippen LogP contribution in [0, 0.1) is 18.3 Å². The summed E-state index contributed by atoms with van der Waals surface area (Å²) < 4.78 is 5.45. The number of rotatable bonds is 2. The van der Waals surface area contributed by atoms with Crippen LogP contribution in [0.2, 0.25) is 5.15 Å². The molecule has 3 heterocycles. The first-order chi connectivity index (χ1) is 13.2. The molecule has 8 heteroatoms. The predicted octanol–water partition coefficient (Wildman–Crippen LogP) is 3.97. The van der Waals surface area contributed by atoms with E-state index in [1.165, 1.54) is 0 Å². The lowest BCUT2D eigenvalue weighted by molar-refractivity contribution is 0.0240. The zero-order chi connectivity index (χ0) is 20.5. The molecule has 3 rings (SSSR count). The number of pyridine rings is 1. The van der Waals surface area contributed by atoms with Gasteiger partial charge in [0.05, 0.1) is 11.3 Å². The van der Waals surface area contributed by atoms with Crippen molar-refractivity contribution in [2.75, 3.05) is 31.1 Å². The summed E-state index contributed by atoms with van der Waals surface area (Å²) in [6.07, 6.45) is 1.34. The summed E-state index contributed by atoms with van der Waals surface area (Å²) in [5.41, 5.74) is 2.69. The molecule has 0 radical (unpaired) electrons. The van der Waals surface area contributed by atoms with Crippen molar-refractivity contribution in [3.05, 3.63) is 34.6 Å². The minimum Gasteiger partial charge on any atom is -0.444 e. The van der Waals surface area contributed by atoms with Gasteiger partial charge in [0, 0.05) is 37.9 Å². The van der Waals surface area contributed by atoms with E-state index in [4.69, 9.17) is 16.3 Å². The number of carbonyl (C=O) groups is 1. The van der Waals surface area contributed by atoms with E-state index in [0.29, 0.717) is 36.9 Å². The number of aromatic amines is 1. The number of halogens is 1. The Morgan fingerprint density at radius 1 is 1.32 bits per heavy atom. The SMILES string of the molecule is Cc1c(-c2ccnc(Cl)c2)[nH]c(N2CCN(C(=O)OC(C)(C)C)CC2)c1C#N. The van der Waals surface area contributed by atoms with Gasteiger partial charge in [-0.15, -0.1) is 0 Å². The van der Waals surface area contributed by atoms with Gasteiger partial charge in [-0.2, -0.15) is 5.26 Å². The fourth-order valence-corrected chi connectivity index (χ4v) is 3.41. The fourth-order valence-electron chi connectivity index (χ4n) is 3.24. The summed E-state index contributed by atoms with van der Waals surface area (Å²) in [6, 6.07) is 5.93. The van der Waals surface area contributed by atoms with E-state index in [9.17, 15) is 10.1 Å². The van der Waals surface area contributed by atoms with Crippen LogP contribution in [0.3, 0.4) is 0 Å². The van der Waals surface area contributed by atoms with E-state index in [1.54, 1.807) is 17.2 Å². The molecular formula is C20H24ClN5O2. The van der Waals surface area contributed by atoms with E-state index >= 15 is 0 Å². The number of hydrogen-bond acceptors (Lipinski definition) is 5. The summed E-state index contributed by atoms with van der Waals surface area (Å²) in [6.45, 7) is 9.79. The second kappa shape index (κ2) is 7.72. The van der Waals surface area contributed by atoms with Crippen LogP contribution in [0.5, 0.6) is 0 Å². The van der Waals surface area contributed by atoms with Crippen LogP contribution in [0.4, 0.5) is 10.6 Å². The second-order valence-corrected chi connectivity index (χ2v) is 8.17. The molecule has 1 amide bonds. The number of aromatic nitrogens is 2. The van der Waals surface area contributed by atoms with E-state index < -0.39 is 5.60 Å². The first-order valence-corrected chi connectivity index (χ1v) is 9.55. The van der Waals surface area contributed by atoms with Crippen LogP contribution in [0.15, 0.2) is 18.3 Å². The predicted molar refractivity (Wildman–Crippen MR) is 109 cm³/mol. The van der Waals surface area contributed by atoms with Crippen LogP contribution in [-0.2, 0) is 4.74 Å². The van der Waals surface area contributed by atoms with Gasteiger partial charge in [0.1, 0.15) is 22.6 Å². The number of hydrogen-bond donors (Lipinski definition) is 1. The van der Waals surface area contributed by atoms with E-state index in [0.717, 1.165) is 22.6 Å². The molecule has 1 aliphatic rings. The third kappa shape index (κ3) is 4.23. The van der Waals surface area contributed by atoms with Crippen molar-refractivity contribution < 1.29 is 9.53 Å². The van der Waals surface area contributed by atoms with Gasteiger partial charge in [-0.25, -0.2) is 9.78 Å². The Labute approximate surface area is 169 Å². The van der Waals surface area contributed by atoms with Crippen molar-refractivity contribution in [3.63, 3.8) is 0 Å². The molecule has 2 aromatic heterocycles. The Morgan fingerprint density at radius 2 is 2.00 bits per heavy atom. The molecule has 1 fully saturated rings. The minimum atomic E-state index is -0.514. The molecule has 0 atom stereocenters. The third-order valence-corrected chi connectivity index (χ3v) is 4.81. The lowest BCUT2D eigenvalue weighted by atomic mass is 10.1. The molecule has 148 valence electrons. The molecule has 0 unspecified atom stereocenters. The quantitative estimate of drug-likeness (QED) is 0.769. The van der Waals surface area contributed by atoms with Crippen molar-refractivity contribution in [1.29, 1.82) is 5.26 Å². The molecule has 7 nitrogen and oxygen atoms in total. The van der Waals surface area contributed by atoms with Crippen LogP contribution in [0.1, 0.15) is 31.9 Å². The summed E-state index contributed by atoms with van der Waals surface area (Å²) >= 11 is 6.02. The Bertz CT molecular complexity index is 918. The number of ether oxygens (including phenoxy) is 1. The van der Waals surface area contributed by atoms with Gasteiger partial charge in [-0.1, -0.05) is 11.6 Å². The molecular weight excluding hydrogens is 378 g/mol. The number of nitriles is 1. The van der Waals surface area contributed by atoms with Crippen LogP contribution < -0.4 is 4.90 Å². The number of piperazine rings is 1. The van der Waals surface area contributed by atoms with Gasteiger partial charge < -0.3 is 19.5 Å². The minimum absolute atomic E-state index is 0.303. The Morgan fingerprint density at radius 3 is 2.57 bits per heavy atom. The average molecular weight is 402 g/mol. The number of H-pyrrole nitrogens is 1. The van der Waals surface area contributed by atoms with Gasteiger partial charge in [0.15, 0.2) is 0 Å². The van der Waals surface area contributed by atoms with Gasteiger partial charge in [-0.3, -0.25) is 0 Å². The fraction of sp³-hybridized carbons (Fsp3) is 0.450. The molecule has 28 heavy (non-hydrogen) atoms. The zero-order valence-corrected chi connectivity index (χ0v) is 17.3. The van der Waals surface area contributed by atoms with Crippen molar-refractivity contribution in [2.24, 2.45) is 0 Å². The Kier molecular flexibility index (Phi) is 5.52. The van der Waals surface area contributed by atoms with Crippen molar-refractivity contribution >= 4 is 23.5 Å². The lowest BCUT2D eigenvalue weighted by Crippen LogP contribution is -2.50. The summed E-state index contributed by atoms with van der Waals surface area (Å²) in [5, 5.41) is 10.1. The van der Waals surface area contributed by atoms with Crippen molar-refractivity contribution in [2.45, 2.75) is 33.3 Å². The third-order valence-electron chi connectivity index (χ3n) is 4.60. The molecule has 0 spiro atoms. The van der Waals surface area contributed by atoms with E-state index in [1.807, 2.05) is 33.8 Å². The van der Waals surface area contributed by atoms with Gasteiger partial charge in [-0.05, 0) is 45.4 Å². The maximum Gasteiger partial charge on any atom is 0.410 e. The first-order valence-electron chi connectivity index (χ1n) is 9.17. The molecule has 1 aliphatic heterocycles. The topological polar surface area (TPSA) is 85.2 Å². The Balaban J connectivity index is 1.79. The molecule has 0 saturated carbocycles. The average Bonchev–Trinajstić information content (AvgIpc) is 2.97. The van der Waals surface area contributed by atoms with E-state index in [-0.39, 0.29) is 6.09 Å². The highest BCUT2D eigenvalue weighted by Gasteiger charge is 2.28. The van der Waals surface area contributed by atoms with Crippen LogP contribution in [0.25, 0.3) is 11.3 Å². The van der Waals surface area contributed by atoms with E-state index in [2.05, 4.69) is 20.9 Å². The number of carbonyl (C=O) groups excluding carboxylic acids is 1. The van der Waals surface area contributed by atoms with Gasteiger partial charge in [0.25, 0.3) is 0 Å². The largest absolute Gasteiger partial charge is 0.444 e. The van der Waals surface area contributed by atoms with Crippen LogP contribution in [-0.4, -0.2) is 52.7 Å². The summed E-state index contributed by atoms with van der Waals surface area (Å²) in [7, 11) is 0. The normalized spacial score (nSPS) is 14.7. The maximum atomic E-state index is 12.3. The molecule has 1 saturated heterocycles. The molecule has 1 N–H and O–H groups in total. The standard InChI is InChI=1S/C20H24ClN5O2/c1-13-15(12-22)18(24-17(13)14-5-6-23-16(21)11-14)25-7-9-26(10-8-25)19(27)28-20(2,3)4/h5-6,11,24H,7-10H2,1-4H3. The van der Waals surface area contributed by atoms with Crippen molar-refractivity contribution in [3.8, 4) is 17.3 Å². The Hall–Kier alpha value is -2.72. The smallest absolute Gasteiger partial charge is 0.410 e. The summed E-state index contributed by atoms with van der Waals surface area (Å²) in [5.74, 6) is 0.770. The number of anilines is 1. The molecule has 0 bridgehead atoms. The number of nitrogens with one attached hydrogen (secondary N) is 1. The lowest BCUT2D eigenvalue weighted by Gasteiger charge is -2.36. The number of amides is 1. The highest BCUT2D eigenvalue weighted by molar-refractivity contribution is 6.29. The highest BCUT2D eigenvalue weighted by Crippen LogP contribution is 2.33. The zero-order valence-electron chi connectivity index (χ0n) is 16.5. The van der Waals surface area contributed by atoms with Gasteiger partial charge in [0.2, 0.25) is 0 Å². The first kappa shape index (κ1) is 20.0. The number of nitrogens with zero attached hydrogens (tertiary/aromatic N) is 4.